The Morgan fingerprint density at radius 1 is 0.889 bits per heavy atom. The molecule has 1 unspecified atom stereocenters. The molecule has 3 aliphatic rings. The molecule has 2 aromatic carbocycles. The predicted octanol–water partition coefficient (Wildman–Crippen LogP) is 5.06. The van der Waals surface area contributed by atoms with Gasteiger partial charge in [-0.25, -0.2) is 18.3 Å². The molecule has 3 aliphatic heterocycles. The molecule has 3 amide bonds. The highest BCUT2D eigenvalue weighted by molar-refractivity contribution is 6.01. The number of piperazine rings is 1. The number of benzene rings is 2. The van der Waals surface area contributed by atoms with E-state index in [2.05, 4.69) is 43.0 Å². The first kappa shape index (κ1) is 37.4. The molecule has 0 aliphatic carbocycles. The molecule has 14 heteroatoms. The van der Waals surface area contributed by atoms with Crippen molar-refractivity contribution in [2.24, 2.45) is 0 Å². The number of rotatable bonds is 15. The Bertz CT molecular complexity index is 1930. The molecule has 3 N–H and O–H groups in total. The van der Waals surface area contributed by atoms with Gasteiger partial charge in [-0.2, -0.15) is 5.10 Å². The quantitative estimate of drug-likeness (QED) is 0.113. The van der Waals surface area contributed by atoms with Crippen LogP contribution in [0, 0.1) is 11.6 Å². The lowest BCUT2D eigenvalue weighted by atomic mass is 10.0. The molecule has 0 radical (unpaired) electrons. The van der Waals surface area contributed by atoms with Gasteiger partial charge in [-0.1, -0.05) is 31.4 Å². The number of anilines is 2. The summed E-state index contributed by atoms with van der Waals surface area (Å²) in [5, 5.41) is 13.0. The first-order chi connectivity index (χ1) is 26.3. The van der Waals surface area contributed by atoms with Crippen molar-refractivity contribution in [1.29, 1.82) is 0 Å². The summed E-state index contributed by atoms with van der Waals surface area (Å²) >= 11 is 0. The maximum atomic E-state index is 14.6. The summed E-state index contributed by atoms with van der Waals surface area (Å²) in [4.78, 5) is 48.3. The molecule has 5 heterocycles. The highest BCUT2D eigenvalue weighted by Crippen LogP contribution is 2.37. The van der Waals surface area contributed by atoms with Crippen LogP contribution in [0.1, 0.15) is 85.3 Å². The molecule has 12 nitrogen and oxygen atoms in total. The zero-order valence-corrected chi connectivity index (χ0v) is 30.6. The van der Waals surface area contributed by atoms with E-state index in [0.29, 0.717) is 54.9 Å². The predicted molar refractivity (Wildman–Crippen MR) is 202 cm³/mol. The molecule has 3 saturated heterocycles. The van der Waals surface area contributed by atoms with E-state index in [-0.39, 0.29) is 29.8 Å². The lowest BCUT2D eigenvalue weighted by Crippen LogP contribution is -2.47. The fourth-order valence-electron chi connectivity index (χ4n) is 7.77. The van der Waals surface area contributed by atoms with Gasteiger partial charge in [-0.05, 0) is 80.6 Å². The molecular formula is C40H49F2N9O3. The summed E-state index contributed by atoms with van der Waals surface area (Å²) < 4.78 is 30.2. The molecule has 2 atom stereocenters. The summed E-state index contributed by atoms with van der Waals surface area (Å²) in [6.07, 6.45) is 11.0. The smallest absolute Gasteiger partial charge is 0.256 e. The van der Waals surface area contributed by atoms with E-state index in [4.69, 9.17) is 4.98 Å². The fraction of sp³-hybridized carbons (Fsp3) is 0.475. The number of unbranched alkanes of at least 4 members (excludes halogenated alkanes) is 4. The Kier molecular flexibility index (Phi) is 12.1. The number of nitrogens with zero attached hydrogens (tertiary/aromatic N) is 6. The number of amides is 3. The van der Waals surface area contributed by atoms with Gasteiger partial charge in [0.25, 0.3) is 5.91 Å². The Morgan fingerprint density at radius 2 is 1.67 bits per heavy atom. The number of hydrogen-bond acceptors (Lipinski definition) is 9. The third kappa shape index (κ3) is 9.22. The monoisotopic (exact) mass is 741 g/mol. The summed E-state index contributed by atoms with van der Waals surface area (Å²) in [5.41, 5.74) is 3.27. The van der Waals surface area contributed by atoms with Gasteiger partial charge in [0.2, 0.25) is 11.8 Å². The van der Waals surface area contributed by atoms with Gasteiger partial charge >= 0.3 is 0 Å². The van der Waals surface area contributed by atoms with E-state index in [0.717, 1.165) is 89.5 Å². The zero-order valence-electron chi connectivity index (χ0n) is 30.6. The van der Waals surface area contributed by atoms with E-state index in [1.807, 2.05) is 17.0 Å². The second kappa shape index (κ2) is 17.5. The van der Waals surface area contributed by atoms with Crippen LogP contribution in [0.25, 0.3) is 5.65 Å². The van der Waals surface area contributed by atoms with E-state index < -0.39 is 11.6 Å². The van der Waals surface area contributed by atoms with Crippen LogP contribution in [0.5, 0.6) is 0 Å². The van der Waals surface area contributed by atoms with Crippen LogP contribution in [-0.2, 0) is 16.1 Å². The second-order valence-electron chi connectivity index (χ2n) is 14.6. The first-order valence-electron chi connectivity index (χ1n) is 19.3. The molecule has 4 aromatic rings. The average molecular weight is 742 g/mol. The van der Waals surface area contributed by atoms with Crippen LogP contribution in [0.2, 0.25) is 0 Å². The molecule has 0 bridgehead atoms. The summed E-state index contributed by atoms with van der Waals surface area (Å²) in [6.45, 7) is 7.42. The standard InChI is InChI=1S/C40H49F2N9O3/c41-29-10-13-33(42)31(25-29)35-7-6-19-50(35)36-16-20-51-38(46-36)32(26-44-51)39(53)43-17-4-2-1-3-5-18-48-21-23-49(24-22-48)27-28-8-11-30(12-9-28)45-34-14-15-37(52)47-40(34)54/h8-13,16,20,25-26,34-35,45H,1-7,14-15,17-19,21-24,27H2,(H,43,53)(H,47,52,54)/t34?,35-/m1/s1. The number of imide groups is 1. The van der Waals surface area contributed by atoms with Gasteiger partial charge < -0.3 is 20.4 Å². The van der Waals surface area contributed by atoms with Gasteiger partial charge in [0.15, 0.2) is 5.65 Å². The maximum absolute atomic E-state index is 14.6. The fourth-order valence-corrected chi connectivity index (χ4v) is 7.77. The van der Waals surface area contributed by atoms with Crippen molar-refractivity contribution in [2.45, 2.75) is 76.4 Å². The van der Waals surface area contributed by atoms with Crippen molar-refractivity contribution < 1.29 is 23.2 Å². The van der Waals surface area contributed by atoms with Crippen LogP contribution < -0.4 is 20.9 Å². The van der Waals surface area contributed by atoms with E-state index in [9.17, 15) is 23.2 Å². The molecule has 3 fully saturated rings. The molecular weight excluding hydrogens is 692 g/mol. The Balaban J connectivity index is 0.770. The van der Waals surface area contributed by atoms with Gasteiger partial charge in [-0.3, -0.25) is 24.6 Å². The van der Waals surface area contributed by atoms with E-state index in [1.54, 1.807) is 16.8 Å². The van der Waals surface area contributed by atoms with Crippen molar-refractivity contribution in [2.75, 3.05) is 56.0 Å². The van der Waals surface area contributed by atoms with Crippen molar-refractivity contribution in [3.05, 3.63) is 89.2 Å². The van der Waals surface area contributed by atoms with Crippen LogP contribution in [-0.4, -0.2) is 94.0 Å². The maximum Gasteiger partial charge on any atom is 0.256 e. The lowest BCUT2D eigenvalue weighted by Gasteiger charge is -2.34. The molecule has 0 spiro atoms. The number of fused-ring (bicyclic) bond motifs is 1. The largest absolute Gasteiger partial charge is 0.374 e. The lowest BCUT2D eigenvalue weighted by molar-refractivity contribution is -0.133. The minimum Gasteiger partial charge on any atom is -0.374 e. The second-order valence-corrected chi connectivity index (χ2v) is 14.6. The van der Waals surface area contributed by atoms with E-state index >= 15 is 0 Å². The van der Waals surface area contributed by atoms with Crippen LogP contribution in [0.4, 0.5) is 20.3 Å². The van der Waals surface area contributed by atoms with E-state index in [1.165, 1.54) is 23.9 Å². The van der Waals surface area contributed by atoms with Crippen LogP contribution in [0.3, 0.4) is 0 Å². The SMILES string of the molecule is O=C1CCC(Nc2ccc(CN3CCN(CCCCCCCNC(=O)c4cnn5ccc(N6CCC[C@@H]6c6cc(F)ccc6F)nc45)CC3)cc2)C(=O)N1. The number of halogens is 2. The van der Waals surface area contributed by atoms with Crippen molar-refractivity contribution in [3.63, 3.8) is 0 Å². The molecule has 286 valence electrons. The van der Waals surface area contributed by atoms with Gasteiger partial charge in [0.1, 0.15) is 29.1 Å². The summed E-state index contributed by atoms with van der Waals surface area (Å²) in [6, 6.07) is 12.9. The van der Waals surface area contributed by atoms with Crippen molar-refractivity contribution in [1.82, 2.24) is 35.0 Å². The Morgan fingerprint density at radius 3 is 2.48 bits per heavy atom. The van der Waals surface area contributed by atoms with Crippen LogP contribution >= 0.6 is 0 Å². The number of hydrogen-bond donors (Lipinski definition) is 3. The Labute approximate surface area is 314 Å². The third-order valence-electron chi connectivity index (χ3n) is 10.8. The molecule has 0 saturated carbocycles. The molecule has 54 heavy (non-hydrogen) atoms. The normalized spacial score (nSPS) is 19.7. The molecule has 2 aromatic heterocycles. The highest BCUT2D eigenvalue weighted by atomic mass is 19.1. The minimum atomic E-state index is -0.469. The van der Waals surface area contributed by atoms with Crippen molar-refractivity contribution in [3.8, 4) is 0 Å². The number of aromatic nitrogens is 3. The number of carbonyl (C=O) groups is 3. The highest BCUT2D eigenvalue weighted by Gasteiger charge is 2.30. The van der Waals surface area contributed by atoms with Gasteiger partial charge in [-0.15, -0.1) is 0 Å². The number of nitrogens with one attached hydrogen (secondary N) is 3. The summed E-state index contributed by atoms with van der Waals surface area (Å²) in [7, 11) is 0. The van der Waals surface area contributed by atoms with Crippen LogP contribution in [0.15, 0.2) is 60.9 Å². The molecule has 7 rings (SSSR count). The average Bonchev–Trinajstić information content (AvgIpc) is 3.84. The number of piperidine rings is 1. The van der Waals surface area contributed by atoms with Gasteiger partial charge in [0.05, 0.1) is 12.2 Å². The van der Waals surface area contributed by atoms with Crippen molar-refractivity contribution >= 4 is 34.9 Å². The minimum absolute atomic E-state index is 0.209. The Hall–Kier alpha value is -4.95. The third-order valence-corrected chi connectivity index (χ3v) is 10.8. The first-order valence-corrected chi connectivity index (χ1v) is 19.3. The zero-order chi connectivity index (χ0) is 37.4. The summed E-state index contributed by atoms with van der Waals surface area (Å²) in [5.74, 6) is -0.989. The topological polar surface area (TPSA) is 127 Å². The van der Waals surface area contributed by atoms with Gasteiger partial charge in [0, 0.05) is 69.7 Å². The number of carbonyl (C=O) groups excluding carboxylic acids is 3.